The highest BCUT2D eigenvalue weighted by molar-refractivity contribution is 5.88. The summed E-state index contributed by atoms with van der Waals surface area (Å²) in [5.74, 6) is -0.634. The smallest absolute Gasteiger partial charge is 0.428 e. The number of carbonyl (C=O) groups is 2. The Bertz CT molecular complexity index is 338. The third-order valence-electron chi connectivity index (χ3n) is 3.46. The second-order valence-electron chi connectivity index (χ2n) is 6.47. The van der Waals surface area contributed by atoms with E-state index in [1.807, 2.05) is 0 Å². The fourth-order valence-electron chi connectivity index (χ4n) is 2.33. The van der Waals surface area contributed by atoms with Crippen LogP contribution >= 0.6 is 0 Å². The van der Waals surface area contributed by atoms with Crippen molar-refractivity contribution in [2.75, 3.05) is 0 Å². The molecule has 1 saturated carbocycles. The largest absolute Gasteiger partial charge is 0.516 e. The van der Waals surface area contributed by atoms with Crippen molar-refractivity contribution < 1.29 is 19.1 Å². The number of nitrogens with two attached hydrogens (primary N) is 1. The molecule has 0 spiro atoms. The number of rotatable bonds is 2. The highest BCUT2D eigenvalue weighted by atomic mass is 16.7. The maximum absolute atomic E-state index is 12.0. The lowest BCUT2D eigenvalue weighted by atomic mass is 9.76. The van der Waals surface area contributed by atoms with Gasteiger partial charge < -0.3 is 15.2 Å². The van der Waals surface area contributed by atoms with Gasteiger partial charge in [-0.3, -0.25) is 0 Å². The second kappa shape index (κ2) is 5.90. The molecule has 1 atom stereocenters. The molecule has 0 aromatic rings. The van der Waals surface area contributed by atoms with Crippen LogP contribution in [0.3, 0.4) is 0 Å². The molecule has 0 aromatic heterocycles. The molecule has 5 heteroatoms. The van der Waals surface area contributed by atoms with E-state index in [1.165, 1.54) is 6.42 Å². The van der Waals surface area contributed by atoms with Crippen molar-refractivity contribution in [3.63, 3.8) is 0 Å². The Morgan fingerprint density at radius 3 is 2.05 bits per heavy atom. The van der Waals surface area contributed by atoms with Gasteiger partial charge in [0.2, 0.25) is 0 Å². The molecule has 0 radical (unpaired) electrons. The number of carbonyl (C=O) groups excluding carboxylic acids is 2. The van der Waals surface area contributed by atoms with Crippen LogP contribution in [0.5, 0.6) is 0 Å². The molecule has 0 aromatic carbocycles. The first-order valence-corrected chi connectivity index (χ1v) is 6.87. The summed E-state index contributed by atoms with van der Waals surface area (Å²) in [5.41, 5.74) is 4.25. The summed E-state index contributed by atoms with van der Waals surface area (Å²) in [6.07, 6.45) is 4.12. The molecule has 1 aliphatic rings. The van der Waals surface area contributed by atoms with E-state index in [9.17, 15) is 9.59 Å². The van der Waals surface area contributed by atoms with Gasteiger partial charge in [-0.05, 0) is 46.5 Å². The van der Waals surface area contributed by atoms with Gasteiger partial charge in [-0.15, -0.1) is 0 Å². The highest BCUT2D eigenvalue weighted by Gasteiger charge is 2.41. The zero-order valence-electron chi connectivity index (χ0n) is 12.3. The normalized spacial score (nSPS) is 20.5. The zero-order chi connectivity index (χ0) is 14.7. The number of hydrogen-bond donors (Lipinski definition) is 1. The van der Waals surface area contributed by atoms with Crippen LogP contribution in [0.1, 0.15) is 59.8 Å². The molecule has 5 nitrogen and oxygen atoms in total. The van der Waals surface area contributed by atoms with Gasteiger partial charge in [-0.2, -0.15) is 0 Å². The standard InChI is InChI=1S/C14H25NO4/c1-13(2,3)19-12(17)18-11(16)14(4,15)10-8-6-5-7-9-10/h10H,5-9,15H2,1-4H3. The molecule has 0 heterocycles. The van der Waals surface area contributed by atoms with Gasteiger partial charge in [0.05, 0.1) is 0 Å². The van der Waals surface area contributed by atoms with Gasteiger partial charge in [-0.1, -0.05) is 19.3 Å². The summed E-state index contributed by atoms with van der Waals surface area (Å²) in [6, 6.07) is 0. The number of hydrogen-bond acceptors (Lipinski definition) is 5. The molecule has 1 unspecified atom stereocenters. The average Bonchev–Trinajstić information content (AvgIpc) is 2.27. The maximum Gasteiger partial charge on any atom is 0.516 e. The first-order chi connectivity index (χ1) is 8.63. The maximum atomic E-state index is 12.0. The summed E-state index contributed by atoms with van der Waals surface area (Å²) in [7, 11) is 0. The Balaban J connectivity index is 2.58. The van der Waals surface area contributed by atoms with Crippen LogP contribution in [-0.2, 0) is 14.3 Å². The van der Waals surface area contributed by atoms with Gasteiger partial charge in [-0.25, -0.2) is 9.59 Å². The van der Waals surface area contributed by atoms with Crippen LogP contribution in [0.2, 0.25) is 0 Å². The third kappa shape index (κ3) is 4.82. The van der Waals surface area contributed by atoms with Crippen molar-refractivity contribution >= 4 is 12.1 Å². The van der Waals surface area contributed by atoms with Crippen molar-refractivity contribution in [3.05, 3.63) is 0 Å². The van der Waals surface area contributed by atoms with Crippen LogP contribution in [-0.4, -0.2) is 23.3 Å². The fraction of sp³-hybridized carbons (Fsp3) is 0.857. The quantitative estimate of drug-likeness (QED) is 0.617. The van der Waals surface area contributed by atoms with Gasteiger partial charge in [0.25, 0.3) is 0 Å². The van der Waals surface area contributed by atoms with E-state index in [-0.39, 0.29) is 5.92 Å². The van der Waals surface area contributed by atoms with Crippen molar-refractivity contribution in [1.82, 2.24) is 0 Å². The van der Waals surface area contributed by atoms with Gasteiger partial charge >= 0.3 is 12.1 Å². The zero-order valence-corrected chi connectivity index (χ0v) is 12.3. The van der Waals surface area contributed by atoms with Crippen molar-refractivity contribution in [2.24, 2.45) is 11.7 Å². The molecule has 0 bridgehead atoms. The Morgan fingerprint density at radius 1 is 1.05 bits per heavy atom. The van der Waals surface area contributed by atoms with Gasteiger partial charge in [0.1, 0.15) is 11.1 Å². The topological polar surface area (TPSA) is 78.6 Å². The van der Waals surface area contributed by atoms with Crippen LogP contribution in [0.15, 0.2) is 0 Å². The minimum Gasteiger partial charge on any atom is -0.428 e. The fourth-order valence-corrected chi connectivity index (χ4v) is 2.33. The molecular weight excluding hydrogens is 246 g/mol. The second-order valence-corrected chi connectivity index (χ2v) is 6.47. The molecule has 1 fully saturated rings. The van der Waals surface area contributed by atoms with Gasteiger partial charge in [0, 0.05) is 0 Å². The monoisotopic (exact) mass is 271 g/mol. The predicted molar refractivity (Wildman–Crippen MR) is 71.5 cm³/mol. The van der Waals surface area contributed by atoms with E-state index < -0.39 is 23.3 Å². The minimum absolute atomic E-state index is 0.0659. The Kier molecular flexibility index (Phi) is 4.96. The lowest BCUT2D eigenvalue weighted by molar-refractivity contribution is -0.149. The summed E-state index contributed by atoms with van der Waals surface area (Å²) < 4.78 is 9.67. The van der Waals surface area contributed by atoms with Crippen LogP contribution in [0.25, 0.3) is 0 Å². The average molecular weight is 271 g/mol. The van der Waals surface area contributed by atoms with Crippen LogP contribution in [0, 0.1) is 5.92 Å². The predicted octanol–water partition coefficient (Wildman–Crippen LogP) is 2.76. The first-order valence-electron chi connectivity index (χ1n) is 6.87. The SMILES string of the molecule is CC(C)(C)OC(=O)OC(=O)C(C)(N)C1CCCCC1. The molecular formula is C14H25NO4. The molecule has 0 amide bonds. The molecule has 2 N–H and O–H groups in total. The summed E-state index contributed by atoms with van der Waals surface area (Å²) in [5, 5.41) is 0. The van der Waals surface area contributed by atoms with E-state index in [2.05, 4.69) is 0 Å². The summed E-state index contributed by atoms with van der Waals surface area (Å²) >= 11 is 0. The van der Waals surface area contributed by atoms with E-state index in [0.29, 0.717) is 0 Å². The highest BCUT2D eigenvalue weighted by Crippen LogP contribution is 2.32. The summed E-state index contributed by atoms with van der Waals surface area (Å²) in [4.78, 5) is 23.5. The summed E-state index contributed by atoms with van der Waals surface area (Å²) in [6.45, 7) is 6.76. The molecule has 1 aliphatic carbocycles. The third-order valence-corrected chi connectivity index (χ3v) is 3.46. The molecule has 0 aliphatic heterocycles. The van der Waals surface area contributed by atoms with Crippen molar-refractivity contribution in [3.8, 4) is 0 Å². The van der Waals surface area contributed by atoms with Gasteiger partial charge in [0.15, 0.2) is 0 Å². The Hall–Kier alpha value is -1.10. The first kappa shape index (κ1) is 16.0. The molecule has 0 saturated heterocycles. The van der Waals surface area contributed by atoms with Crippen LogP contribution in [0.4, 0.5) is 4.79 Å². The van der Waals surface area contributed by atoms with Crippen LogP contribution < -0.4 is 5.73 Å². The van der Waals surface area contributed by atoms with E-state index in [1.54, 1.807) is 27.7 Å². The Labute approximate surface area is 114 Å². The van der Waals surface area contributed by atoms with Crippen molar-refractivity contribution in [1.29, 1.82) is 0 Å². The molecule has 110 valence electrons. The lowest BCUT2D eigenvalue weighted by Crippen LogP contribution is -2.53. The van der Waals surface area contributed by atoms with E-state index in [4.69, 9.17) is 15.2 Å². The Morgan fingerprint density at radius 2 is 1.58 bits per heavy atom. The lowest BCUT2D eigenvalue weighted by Gasteiger charge is -2.34. The molecule has 1 rings (SSSR count). The van der Waals surface area contributed by atoms with E-state index in [0.717, 1.165) is 25.7 Å². The number of esters is 1. The van der Waals surface area contributed by atoms with E-state index >= 15 is 0 Å². The molecule has 19 heavy (non-hydrogen) atoms. The van der Waals surface area contributed by atoms with Crippen molar-refractivity contribution in [2.45, 2.75) is 70.9 Å². The minimum atomic E-state index is -1.13. The number of ether oxygens (including phenoxy) is 2.